The molecule has 0 aliphatic carbocycles. The highest BCUT2D eigenvalue weighted by atomic mass is 79.9. The third-order valence-electron chi connectivity index (χ3n) is 3.32. The summed E-state index contributed by atoms with van der Waals surface area (Å²) in [5.74, 6) is 0.533. The summed E-state index contributed by atoms with van der Waals surface area (Å²) in [6, 6.07) is 0.672. The highest BCUT2D eigenvalue weighted by Gasteiger charge is 2.30. The molecule has 5 heteroatoms. The Kier molecular flexibility index (Phi) is 4.22. The van der Waals surface area contributed by atoms with E-state index in [4.69, 9.17) is 4.74 Å². The van der Waals surface area contributed by atoms with Crippen LogP contribution in [-0.4, -0.2) is 30.0 Å². The second-order valence-electron chi connectivity index (χ2n) is 4.81. The Morgan fingerprint density at radius 3 is 2.88 bits per heavy atom. The highest BCUT2D eigenvalue weighted by Crippen LogP contribution is 2.33. The first kappa shape index (κ1) is 13.1. The molecule has 1 aliphatic rings. The summed E-state index contributed by atoms with van der Waals surface area (Å²) in [6.45, 7) is 6.01. The summed E-state index contributed by atoms with van der Waals surface area (Å²) in [4.78, 5) is 0. The molecule has 0 spiro atoms. The van der Waals surface area contributed by atoms with Crippen LogP contribution in [0.25, 0.3) is 0 Å². The maximum Gasteiger partial charge on any atom is 0.0702 e. The number of hydrogen-bond acceptors (Lipinski definition) is 3. The normalized spacial score (nSPS) is 22.3. The van der Waals surface area contributed by atoms with E-state index in [1.54, 1.807) is 0 Å². The number of halogens is 1. The van der Waals surface area contributed by atoms with Crippen LogP contribution >= 0.6 is 15.9 Å². The fourth-order valence-electron chi connectivity index (χ4n) is 2.46. The Hall–Kier alpha value is -0.390. The molecule has 1 saturated heterocycles. The first-order valence-corrected chi connectivity index (χ1v) is 6.92. The predicted molar refractivity (Wildman–Crippen MR) is 71.0 cm³/mol. The van der Waals surface area contributed by atoms with Gasteiger partial charge in [0.15, 0.2) is 0 Å². The van der Waals surface area contributed by atoms with Gasteiger partial charge in [-0.2, -0.15) is 5.10 Å². The Morgan fingerprint density at radius 2 is 2.35 bits per heavy atom. The van der Waals surface area contributed by atoms with Gasteiger partial charge in [0.25, 0.3) is 0 Å². The zero-order chi connectivity index (χ0) is 12.4. The lowest BCUT2D eigenvalue weighted by atomic mass is 9.96. The van der Waals surface area contributed by atoms with Crippen LogP contribution in [-0.2, 0) is 4.74 Å². The van der Waals surface area contributed by atoms with E-state index in [1.807, 2.05) is 13.2 Å². The fourth-order valence-corrected chi connectivity index (χ4v) is 2.98. The molecular formula is C12H20BrN3O. The van der Waals surface area contributed by atoms with Crippen molar-refractivity contribution in [3.8, 4) is 0 Å². The van der Waals surface area contributed by atoms with Crippen LogP contribution in [0, 0.1) is 5.92 Å². The first-order chi connectivity index (χ1) is 8.15. The molecule has 1 N–H and O–H groups in total. The van der Waals surface area contributed by atoms with Crippen molar-refractivity contribution in [3.63, 3.8) is 0 Å². The molecule has 0 radical (unpaired) electrons. The van der Waals surface area contributed by atoms with Gasteiger partial charge in [0.1, 0.15) is 0 Å². The van der Waals surface area contributed by atoms with Crippen LogP contribution in [0.5, 0.6) is 0 Å². The number of rotatable bonds is 4. The maximum absolute atomic E-state index is 5.49. The smallest absolute Gasteiger partial charge is 0.0702 e. The lowest BCUT2D eigenvalue weighted by Gasteiger charge is -2.24. The second kappa shape index (κ2) is 5.50. The molecule has 1 fully saturated rings. The van der Waals surface area contributed by atoms with Gasteiger partial charge < -0.3 is 10.1 Å². The topological polar surface area (TPSA) is 39.1 Å². The summed E-state index contributed by atoms with van der Waals surface area (Å²) in [5, 5.41) is 7.86. The molecule has 0 amide bonds. The zero-order valence-electron chi connectivity index (χ0n) is 10.6. The van der Waals surface area contributed by atoms with Crippen molar-refractivity contribution in [2.45, 2.75) is 32.4 Å². The summed E-state index contributed by atoms with van der Waals surface area (Å²) in [7, 11) is 2.01. The van der Waals surface area contributed by atoms with Gasteiger partial charge in [0.05, 0.1) is 29.0 Å². The Balaban J connectivity index is 2.32. The van der Waals surface area contributed by atoms with Crippen LogP contribution in [0.4, 0.5) is 0 Å². The van der Waals surface area contributed by atoms with Crippen molar-refractivity contribution in [1.82, 2.24) is 15.1 Å². The molecule has 17 heavy (non-hydrogen) atoms. The molecule has 2 unspecified atom stereocenters. The van der Waals surface area contributed by atoms with E-state index >= 15 is 0 Å². The van der Waals surface area contributed by atoms with E-state index in [9.17, 15) is 0 Å². The highest BCUT2D eigenvalue weighted by molar-refractivity contribution is 9.10. The lowest BCUT2D eigenvalue weighted by Crippen LogP contribution is -2.29. The van der Waals surface area contributed by atoms with Gasteiger partial charge in [0.2, 0.25) is 0 Å². The van der Waals surface area contributed by atoms with E-state index in [2.05, 4.69) is 44.9 Å². The quantitative estimate of drug-likeness (QED) is 0.929. The van der Waals surface area contributed by atoms with E-state index < -0.39 is 0 Å². The van der Waals surface area contributed by atoms with Crippen molar-refractivity contribution >= 4 is 15.9 Å². The SMILES string of the molecule is CNC(c1c(Br)cnn1C(C)C)C1CCOC1. The first-order valence-electron chi connectivity index (χ1n) is 6.13. The van der Waals surface area contributed by atoms with E-state index in [0.717, 1.165) is 24.1 Å². The summed E-state index contributed by atoms with van der Waals surface area (Å²) in [5.41, 5.74) is 1.23. The molecule has 0 aromatic carbocycles. The van der Waals surface area contributed by atoms with Crippen LogP contribution in [0.1, 0.15) is 38.0 Å². The van der Waals surface area contributed by atoms with Crippen LogP contribution in [0.3, 0.4) is 0 Å². The second-order valence-corrected chi connectivity index (χ2v) is 5.66. The summed E-state index contributed by atoms with van der Waals surface area (Å²) >= 11 is 3.61. The number of nitrogens with zero attached hydrogens (tertiary/aromatic N) is 2. The number of hydrogen-bond donors (Lipinski definition) is 1. The molecule has 2 heterocycles. The summed E-state index contributed by atoms with van der Waals surface area (Å²) in [6.07, 6.45) is 3.00. The zero-order valence-corrected chi connectivity index (χ0v) is 12.2. The molecule has 0 saturated carbocycles. The standard InChI is InChI=1S/C12H20BrN3O/c1-8(2)16-12(10(13)6-15-16)11(14-3)9-4-5-17-7-9/h6,8-9,11,14H,4-5,7H2,1-3H3. The third kappa shape index (κ3) is 2.56. The van der Waals surface area contributed by atoms with Crippen LogP contribution in [0.15, 0.2) is 10.7 Å². The Morgan fingerprint density at radius 1 is 1.59 bits per heavy atom. The van der Waals surface area contributed by atoms with Crippen molar-refractivity contribution in [2.75, 3.05) is 20.3 Å². The van der Waals surface area contributed by atoms with Gasteiger partial charge in [-0.1, -0.05) is 0 Å². The van der Waals surface area contributed by atoms with E-state index in [1.165, 1.54) is 5.69 Å². The Bertz CT molecular complexity index is 372. The average molecular weight is 302 g/mol. The minimum Gasteiger partial charge on any atom is -0.381 e. The van der Waals surface area contributed by atoms with Gasteiger partial charge in [0, 0.05) is 18.6 Å². The molecule has 1 aliphatic heterocycles. The molecule has 2 rings (SSSR count). The molecule has 1 aromatic heterocycles. The van der Waals surface area contributed by atoms with Crippen molar-refractivity contribution in [1.29, 1.82) is 0 Å². The monoisotopic (exact) mass is 301 g/mol. The molecule has 96 valence electrons. The minimum atomic E-state index is 0.303. The Labute approximate surface area is 111 Å². The van der Waals surface area contributed by atoms with Gasteiger partial charge in [-0.3, -0.25) is 4.68 Å². The summed E-state index contributed by atoms with van der Waals surface area (Å²) < 4.78 is 8.66. The van der Waals surface area contributed by atoms with Crippen LogP contribution in [0.2, 0.25) is 0 Å². The molecule has 4 nitrogen and oxygen atoms in total. The third-order valence-corrected chi connectivity index (χ3v) is 3.93. The van der Waals surface area contributed by atoms with Crippen molar-refractivity contribution in [3.05, 3.63) is 16.4 Å². The number of nitrogens with one attached hydrogen (secondary N) is 1. The molecule has 0 bridgehead atoms. The predicted octanol–water partition coefficient (Wildman–Crippen LogP) is 2.52. The van der Waals surface area contributed by atoms with Gasteiger partial charge in [-0.15, -0.1) is 0 Å². The van der Waals surface area contributed by atoms with Crippen molar-refractivity contribution < 1.29 is 4.74 Å². The average Bonchev–Trinajstić information content (AvgIpc) is 2.91. The molecule has 2 atom stereocenters. The van der Waals surface area contributed by atoms with Gasteiger partial charge in [-0.25, -0.2) is 0 Å². The number of ether oxygens (including phenoxy) is 1. The number of aromatic nitrogens is 2. The minimum absolute atomic E-state index is 0.303. The van der Waals surface area contributed by atoms with Crippen LogP contribution < -0.4 is 5.32 Å². The van der Waals surface area contributed by atoms with E-state index in [0.29, 0.717) is 18.0 Å². The fraction of sp³-hybridized carbons (Fsp3) is 0.750. The van der Waals surface area contributed by atoms with E-state index in [-0.39, 0.29) is 0 Å². The molecule has 1 aromatic rings. The largest absolute Gasteiger partial charge is 0.381 e. The van der Waals surface area contributed by atoms with Gasteiger partial charge >= 0.3 is 0 Å². The maximum atomic E-state index is 5.49. The van der Waals surface area contributed by atoms with Crippen molar-refractivity contribution in [2.24, 2.45) is 5.92 Å². The molecular weight excluding hydrogens is 282 g/mol. The van der Waals surface area contributed by atoms with Gasteiger partial charge in [-0.05, 0) is 43.2 Å². The lowest BCUT2D eigenvalue weighted by molar-refractivity contribution is 0.176.